The van der Waals surface area contributed by atoms with E-state index >= 15 is 0 Å². The van der Waals surface area contributed by atoms with E-state index in [-0.39, 0.29) is 6.17 Å². The maximum atomic E-state index is 6.54. The summed E-state index contributed by atoms with van der Waals surface area (Å²) >= 11 is 0. The van der Waals surface area contributed by atoms with E-state index in [0.29, 0.717) is 5.84 Å². The zero-order valence-corrected chi connectivity index (χ0v) is 33.5. The smallest absolute Gasteiger partial charge is 0.159 e. The van der Waals surface area contributed by atoms with Gasteiger partial charge in [-0.3, -0.25) is 0 Å². The van der Waals surface area contributed by atoms with Gasteiger partial charge in [0.2, 0.25) is 0 Å². The molecule has 0 aliphatic carbocycles. The highest BCUT2D eigenvalue weighted by molar-refractivity contribution is 6.69. The first-order valence-electron chi connectivity index (χ1n) is 19.8. The predicted octanol–water partition coefficient (Wildman–Crippen LogP) is -1.35. The largest absolute Gasteiger partial charge is 0.456 e. The van der Waals surface area contributed by atoms with Crippen molar-refractivity contribution in [1.29, 1.82) is 0 Å². The number of nitrogens with zero attached hydrogens (tertiary/aromatic N) is 3. The number of furan rings is 1. The Labute approximate surface area is 338 Å². The van der Waals surface area contributed by atoms with Crippen LogP contribution in [0.15, 0.2) is 142 Å². The summed E-state index contributed by atoms with van der Waals surface area (Å²) in [4.78, 5) is 10.2. The molecule has 0 radical (unpaired) electrons. The van der Waals surface area contributed by atoms with Gasteiger partial charge in [-0.15, -0.1) is 5.46 Å². The van der Waals surface area contributed by atoms with Gasteiger partial charge in [-0.25, -0.2) is 9.98 Å². The van der Waals surface area contributed by atoms with Crippen LogP contribution in [0.3, 0.4) is 0 Å². The number of nitrogens with one attached hydrogen (secondary N) is 1. The fourth-order valence-electron chi connectivity index (χ4n) is 9.18. The highest BCUT2D eigenvalue weighted by Gasteiger charge is 2.26. The zero-order valence-electron chi connectivity index (χ0n) is 33.5. The molecule has 0 saturated heterocycles. The summed E-state index contributed by atoms with van der Waals surface area (Å²) < 4.78 is 9.08. The number of aromatic nitrogens is 1. The van der Waals surface area contributed by atoms with Gasteiger partial charge in [-0.2, -0.15) is 0 Å². The minimum atomic E-state index is -0.275. The number of benzene rings is 7. The summed E-state index contributed by atoms with van der Waals surface area (Å²) in [5.74, 6) is 1.48. The van der Waals surface area contributed by atoms with Gasteiger partial charge in [0.15, 0.2) is 5.84 Å². The molecule has 1 unspecified atom stereocenters. The van der Waals surface area contributed by atoms with Gasteiger partial charge in [0.05, 0.1) is 0 Å². The normalized spacial score (nSPS) is 14.3. The van der Waals surface area contributed by atoms with Crippen LogP contribution in [0.5, 0.6) is 0 Å². The van der Waals surface area contributed by atoms with Gasteiger partial charge in [0.1, 0.15) is 78.1 Å². The van der Waals surface area contributed by atoms with E-state index in [0.717, 1.165) is 50.2 Å². The molecule has 0 amide bonds. The van der Waals surface area contributed by atoms with Crippen LogP contribution in [0.2, 0.25) is 0 Å². The van der Waals surface area contributed by atoms with Crippen LogP contribution in [0.1, 0.15) is 22.9 Å². The molecule has 7 aromatic carbocycles. The van der Waals surface area contributed by atoms with Crippen molar-refractivity contribution in [3.8, 4) is 16.8 Å². The maximum Gasteiger partial charge on any atom is 0.159 e. The molecule has 3 heterocycles. The van der Waals surface area contributed by atoms with Crippen molar-refractivity contribution >= 4 is 149 Å². The molecule has 1 N–H and O–H groups in total. The van der Waals surface area contributed by atoms with Gasteiger partial charge < -0.3 is 14.3 Å². The maximum absolute atomic E-state index is 6.54. The third-order valence-electron chi connectivity index (χ3n) is 12.6. The van der Waals surface area contributed by atoms with Crippen molar-refractivity contribution in [3.63, 3.8) is 0 Å². The second-order valence-electron chi connectivity index (χ2n) is 15.6. The fraction of sp³-hybridized carbons (Fsp3) is 0.0222. The van der Waals surface area contributed by atoms with Crippen LogP contribution in [-0.4, -0.2) is 71.2 Å². The minimum Gasteiger partial charge on any atom is -0.456 e. The Bertz CT molecular complexity index is 3180. The molecule has 12 heteroatoms. The molecular weight excluding hydrogens is 688 g/mol. The molecule has 1 aliphatic rings. The Morgan fingerprint density at radius 1 is 0.509 bits per heavy atom. The van der Waals surface area contributed by atoms with Crippen molar-refractivity contribution in [2.45, 2.75) is 6.17 Å². The fourth-order valence-corrected chi connectivity index (χ4v) is 9.18. The molecule has 0 saturated carbocycles. The Morgan fingerprint density at radius 2 is 1.07 bits per heavy atom. The highest BCUT2D eigenvalue weighted by atomic mass is 16.3. The molecule has 1 aliphatic heterocycles. The quantitative estimate of drug-likeness (QED) is 0.224. The summed E-state index contributed by atoms with van der Waals surface area (Å²) in [7, 11) is 16.0. The SMILES string of the molecule is Bc1c(B)c(B)c2c(c1B)c1c(B)c(B)c(-c3ccccc3)c(B)c1n2-c1ccc2oc3ccc(C4=NC(c5ccccc5)=NC(c5ccccc5)N4)cc3c2c1. The molecular formula is C45H37B7N4O. The lowest BCUT2D eigenvalue weighted by atomic mass is 9.64. The molecule has 0 spiro atoms. The molecule has 0 bridgehead atoms. The van der Waals surface area contributed by atoms with E-state index in [1.54, 1.807) is 0 Å². The minimum absolute atomic E-state index is 0.275. The first kappa shape index (κ1) is 35.2. The number of amidine groups is 2. The van der Waals surface area contributed by atoms with Gasteiger partial charge in [0, 0.05) is 38.6 Å². The highest BCUT2D eigenvalue weighted by Crippen LogP contribution is 2.35. The van der Waals surface area contributed by atoms with Gasteiger partial charge in [0.25, 0.3) is 0 Å². The van der Waals surface area contributed by atoms with Gasteiger partial charge in [-0.05, 0) is 63.9 Å². The van der Waals surface area contributed by atoms with Crippen molar-refractivity contribution in [2.75, 3.05) is 0 Å². The van der Waals surface area contributed by atoms with E-state index in [1.807, 2.05) is 24.3 Å². The lowest BCUT2D eigenvalue weighted by molar-refractivity contribution is 0.668. The van der Waals surface area contributed by atoms with E-state index in [2.05, 4.69) is 168 Å². The van der Waals surface area contributed by atoms with Crippen LogP contribution in [0.4, 0.5) is 0 Å². The number of hydrogen-bond acceptors (Lipinski definition) is 4. The average Bonchev–Trinajstić information content (AvgIpc) is 3.81. The van der Waals surface area contributed by atoms with Crippen LogP contribution in [0.25, 0.3) is 60.6 Å². The molecule has 9 aromatic rings. The van der Waals surface area contributed by atoms with Crippen LogP contribution in [-0.2, 0) is 0 Å². The summed E-state index contributed by atoms with van der Waals surface area (Å²) in [6.45, 7) is 0. The topological polar surface area (TPSA) is 54.8 Å². The Kier molecular flexibility index (Phi) is 8.30. The predicted molar refractivity (Wildman–Crippen MR) is 263 cm³/mol. The van der Waals surface area contributed by atoms with E-state index in [1.165, 1.54) is 71.2 Å². The van der Waals surface area contributed by atoms with Crippen molar-refractivity contribution in [1.82, 2.24) is 9.88 Å². The van der Waals surface area contributed by atoms with E-state index < -0.39 is 0 Å². The summed E-state index contributed by atoms with van der Waals surface area (Å²) in [5, 5.41) is 8.45. The van der Waals surface area contributed by atoms with E-state index in [9.17, 15) is 0 Å². The number of rotatable bonds is 5. The number of aliphatic imine (C=N–C) groups is 2. The van der Waals surface area contributed by atoms with Crippen molar-refractivity contribution in [3.05, 3.63) is 144 Å². The summed E-state index contributed by atoms with van der Waals surface area (Å²) in [6, 6.07) is 44.5. The molecule has 5 nitrogen and oxygen atoms in total. The standard InChI is InChI=1S/C45H37B7N4O/c46-34-31(22-10-4-1-5-11-22)37(49)41-32(35(34)47)33-36(48)38(50)39(51)40(52)42(33)56(41)26-17-19-30-28(21-26)27-20-25(16-18-29(27)57-30)45-54-43(23-12-6-2-7-13-23)53-44(55-45)24-14-8-3-9-15-24/h1-21,43H,46-52H2,(H,53,54,55). The van der Waals surface area contributed by atoms with E-state index in [4.69, 9.17) is 14.4 Å². The van der Waals surface area contributed by atoms with Crippen LogP contribution in [0, 0.1) is 0 Å². The Hall–Kier alpha value is -6.27. The zero-order chi connectivity index (χ0) is 39.1. The second-order valence-corrected chi connectivity index (χ2v) is 15.6. The molecule has 1 atom stereocenters. The first-order chi connectivity index (χ1) is 27.7. The van der Waals surface area contributed by atoms with Gasteiger partial charge in [-0.1, -0.05) is 124 Å². The third-order valence-corrected chi connectivity index (χ3v) is 12.6. The van der Waals surface area contributed by atoms with Crippen LogP contribution < -0.4 is 43.6 Å². The number of hydrogen-bond donors (Lipinski definition) is 1. The van der Waals surface area contributed by atoms with Crippen LogP contribution >= 0.6 is 0 Å². The molecule has 10 rings (SSSR count). The summed E-state index contributed by atoms with van der Waals surface area (Å²) in [6.07, 6.45) is -0.275. The van der Waals surface area contributed by atoms with Crippen molar-refractivity contribution in [2.24, 2.45) is 9.98 Å². The first-order valence-corrected chi connectivity index (χ1v) is 19.8. The lowest BCUT2D eigenvalue weighted by Crippen LogP contribution is -2.48. The Balaban J connectivity index is 1.21. The summed E-state index contributed by atoms with van der Waals surface area (Å²) in [5.41, 5.74) is 20.2. The second kappa shape index (κ2) is 13.4. The van der Waals surface area contributed by atoms with Gasteiger partial charge >= 0.3 is 0 Å². The third kappa shape index (κ3) is 5.49. The Morgan fingerprint density at radius 3 is 1.75 bits per heavy atom. The molecule has 0 fully saturated rings. The molecule has 57 heavy (non-hydrogen) atoms. The van der Waals surface area contributed by atoms with Crippen molar-refractivity contribution < 1.29 is 4.42 Å². The molecule has 264 valence electrons. The average molecular weight is 726 g/mol. The number of fused-ring (bicyclic) bond motifs is 6. The lowest BCUT2D eigenvalue weighted by Gasteiger charge is -2.23. The molecule has 2 aromatic heterocycles. The monoisotopic (exact) mass is 726 g/mol.